The van der Waals surface area contributed by atoms with Crippen LogP contribution in [0.3, 0.4) is 0 Å². The van der Waals surface area contributed by atoms with Gasteiger partial charge in [0, 0.05) is 0 Å². The number of nitrogens with one attached hydrogen (secondary N) is 2. The van der Waals surface area contributed by atoms with Gasteiger partial charge in [-0.2, -0.15) is 0 Å². The van der Waals surface area contributed by atoms with Gasteiger partial charge in [-0.1, -0.05) is 0 Å². The number of rotatable bonds is 6. The zero-order valence-electron chi connectivity index (χ0n) is 11.3. The summed E-state index contributed by atoms with van der Waals surface area (Å²) in [5.74, 6) is 0. The third-order valence-corrected chi connectivity index (χ3v) is 3.63. The van der Waals surface area contributed by atoms with Gasteiger partial charge in [-0.25, -0.2) is 0 Å². The number of hydrogen-bond donors (Lipinski definition) is 2. The van der Waals surface area contributed by atoms with E-state index in [4.69, 9.17) is 0 Å². The van der Waals surface area contributed by atoms with Crippen LogP contribution in [0.4, 0.5) is 5.69 Å². The maximum absolute atomic E-state index is 3.27. The van der Waals surface area contributed by atoms with Gasteiger partial charge in [-0.3, -0.25) is 0 Å². The Hall–Kier alpha value is -0.778. The Labute approximate surface area is 127 Å². The van der Waals surface area contributed by atoms with Crippen molar-refractivity contribution in [2.45, 2.75) is 25.7 Å². The summed E-state index contributed by atoms with van der Waals surface area (Å²) in [4.78, 5) is 0. The second-order valence-corrected chi connectivity index (χ2v) is 5.94. The summed E-state index contributed by atoms with van der Waals surface area (Å²) in [5, 5.41) is 3.27. The fourth-order valence-electron chi connectivity index (χ4n) is 1.95. The third kappa shape index (κ3) is 4.48. The molecule has 0 aromatic heterocycles. The molecule has 0 heterocycles. The van der Waals surface area contributed by atoms with Crippen molar-refractivity contribution in [1.29, 1.82) is 0 Å². The summed E-state index contributed by atoms with van der Waals surface area (Å²) in [6, 6.07) is 8.51. The first-order valence-corrected chi connectivity index (χ1v) is 8.07. The van der Waals surface area contributed by atoms with Gasteiger partial charge >= 0.3 is 127 Å². The summed E-state index contributed by atoms with van der Waals surface area (Å²) >= 11 is 0.998. The van der Waals surface area contributed by atoms with Crippen molar-refractivity contribution in [3.63, 3.8) is 0 Å². The van der Waals surface area contributed by atoms with Crippen LogP contribution in [0.5, 0.6) is 0 Å². The second kappa shape index (κ2) is 7.61. The second-order valence-electron chi connectivity index (χ2n) is 4.82. The quantitative estimate of drug-likeness (QED) is 0.529. The molecule has 95 valence electrons. The van der Waals surface area contributed by atoms with Crippen molar-refractivity contribution >= 4 is 31.8 Å². The number of allylic oxidation sites excluding steroid dienone is 3. The van der Waals surface area contributed by atoms with E-state index in [1.807, 2.05) is 19.3 Å². The van der Waals surface area contributed by atoms with Crippen molar-refractivity contribution in [3.8, 4) is 0 Å². The van der Waals surface area contributed by atoms with Crippen LogP contribution < -0.4 is 8.44 Å². The molecule has 0 atom stereocenters. The minimum absolute atomic E-state index is 0.137. The van der Waals surface area contributed by atoms with Gasteiger partial charge < -0.3 is 0 Å². The van der Waals surface area contributed by atoms with Crippen molar-refractivity contribution in [3.05, 3.63) is 54.3 Å². The van der Waals surface area contributed by atoms with Gasteiger partial charge in [0.05, 0.1) is 0 Å². The molecule has 1 aromatic rings. The summed E-state index contributed by atoms with van der Waals surface area (Å²) in [5.41, 5.74) is 2.72. The first-order valence-electron chi connectivity index (χ1n) is 6.13. The first-order chi connectivity index (χ1) is 8.61. The molecule has 0 aliphatic heterocycles. The number of para-hydroxylation sites is 1. The molecule has 0 spiro atoms. The van der Waals surface area contributed by atoms with E-state index in [0.29, 0.717) is 0 Å². The van der Waals surface area contributed by atoms with E-state index in [-0.39, 0.29) is 5.41 Å². The molecule has 0 saturated carbocycles. The maximum atomic E-state index is 3.27. The predicted molar refractivity (Wildman–Crippen MR) is 80.8 cm³/mol. The molecule has 2 nitrogen and oxygen atoms in total. The SMILES string of the molecule is CNc1ccccc1C(C)(C)C/C=C/C=C/[NH][Pb]. The van der Waals surface area contributed by atoms with Crippen molar-refractivity contribution in [2.24, 2.45) is 0 Å². The molecule has 0 fully saturated rings. The van der Waals surface area contributed by atoms with Crippen LogP contribution in [0.25, 0.3) is 0 Å². The van der Waals surface area contributed by atoms with Gasteiger partial charge in [0.15, 0.2) is 0 Å². The summed E-state index contributed by atoms with van der Waals surface area (Å²) in [6.45, 7) is 4.56. The van der Waals surface area contributed by atoms with E-state index in [0.717, 1.165) is 32.5 Å². The Bertz CT molecular complexity index is 422. The van der Waals surface area contributed by atoms with E-state index in [1.165, 1.54) is 11.3 Å². The fraction of sp³-hybridized carbons (Fsp3) is 0.333. The molecule has 0 amide bonds. The molecular weight excluding hydrogens is 415 g/mol. The Kier molecular flexibility index (Phi) is 6.46. The molecule has 2 N–H and O–H groups in total. The summed E-state index contributed by atoms with van der Waals surface area (Å²) in [7, 11) is 1.98. The third-order valence-electron chi connectivity index (χ3n) is 2.98. The molecule has 18 heavy (non-hydrogen) atoms. The predicted octanol–water partition coefficient (Wildman–Crippen LogP) is 3.14. The van der Waals surface area contributed by atoms with Gasteiger partial charge in [0.25, 0.3) is 0 Å². The molecule has 3 heteroatoms. The number of hydrogen-bond acceptors (Lipinski definition) is 2. The van der Waals surface area contributed by atoms with Crippen LogP contribution in [0, 0.1) is 0 Å². The average Bonchev–Trinajstić information content (AvgIpc) is 2.38. The molecule has 0 aliphatic rings. The van der Waals surface area contributed by atoms with E-state index < -0.39 is 0 Å². The average molecular weight is 437 g/mol. The topological polar surface area (TPSA) is 24.1 Å². The summed E-state index contributed by atoms with van der Waals surface area (Å²) < 4.78 is 3.11. The van der Waals surface area contributed by atoms with Crippen LogP contribution in [-0.2, 0) is 5.41 Å². The molecule has 0 saturated heterocycles. The number of anilines is 1. The zero-order chi connectivity index (χ0) is 13.4. The minimum atomic E-state index is 0.137. The fourth-order valence-corrected chi connectivity index (χ4v) is 2.32. The van der Waals surface area contributed by atoms with Crippen molar-refractivity contribution < 1.29 is 0 Å². The molecule has 1 rings (SSSR count). The standard InChI is InChI=1S/C15H21N2.Pb/c1-15(2,11-7-4-8-12-16)13-9-5-6-10-14(13)17-3;/h4-10,12,16-17H,11H2,1-3H3;/q-1;+1/b7-4+,12-8+;. The van der Waals surface area contributed by atoms with Gasteiger partial charge in [-0.15, -0.1) is 0 Å². The Morgan fingerprint density at radius 2 is 1.94 bits per heavy atom. The van der Waals surface area contributed by atoms with E-state index >= 15 is 0 Å². The van der Waals surface area contributed by atoms with E-state index in [1.54, 1.807) is 0 Å². The Balaban J connectivity index is 2.79. The van der Waals surface area contributed by atoms with Gasteiger partial charge in [0.2, 0.25) is 0 Å². The van der Waals surface area contributed by atoms with Crippen LogP contribution in [0.1, 0.15) is 25.8 Å². The van der Waals surface area contributed by atoms with Gasteiger partial charge in [-0.05, 0) is 0 Å². The zero-order valence-corrected chi connectivity index (χ0v) is 15.2. The van der Waals surface area contributed by atoms with Crippen molar-refractivity contribution in [1.82, 2.24) is 3.13 Å². The van der Waals surface area contributed by atoms with Gasteiger partial charge in [0.1, 0.15) is 0 Å². The normalized spacial score (nSPS) is 12.2. The first kappa shape index (κ1) is 15.3. The number of benzene rings is 1. The van der Waals surface area contributed by atoms with Crippen molar-refractivity contribution in [2.75, 3.05) is 12.4 Å². The van der Waals surface area contributed by atoms with Crippen LogP contribution in [-0.4, -0.2) is 33.1 Å². The monoisotopic (exact) mass is 437 g/mol. The molecule has 3 radical (unpaired) electrons. The molecular formula is C15H21N2Pb. The van der Waals surface area contributed by atoms with E-state index in [2.05, 4.69) is 58.7 Å². The molecule has 1 aromatic carbocycles. The molecule has 0 bridgehead atoms. The molecule has 0 unspecified atom stereocenters. The van der Waals surface area contributed by atoms with Crippen LogP contribution >= 0.6 is 0 Å². The molecule has 0 aliphatic carbocycles. The summed E-state index contributed by atoms with van der Waals surface area (Å²) in [6.07, 6.45) is 9.39. The van der Waals surface area contributed by atoms with Crippen LogP contribution in [0.2, 0.25) is 0 Å². The van der Waals surface area contributed by atoms with E-state index in [9.17, 15) is 0 Å². The Morgan fingerprint density at radius 3 is 2.61 bits per heavy atom. The van der Waals surface area contributed by atoms with Crippen LogP contribution in [0.15, 0.2) is 48.7 Å². The Morgan fingerprint density at radius 1 is 1.22 bits per heavy atom.